The fourth-order valence-electron chi connectivity index (χ4n) is 3.37. The molecule has 4 nitrogen and oxygen atoms in total. The van der Waals surface area contributed by atoms with E-state index < -0.39 is 6.10 Å². The van der Waals surface area contributed by atoms with Crippen molar-refractivity contribution in [2.75, 3.05) is 7.05 Å². The Morgan fingerprint density at radius 1 is 1.15 bits per heavy atom. The number of aliphatic hydroxyl groups excluding tert-OH is 1. The zero-order valence-corrected chi connectivity index (χ0v) is 15.7. The molecular formula is C21H24ClNO3. The van der Waals surface area contributed by atoms with E-state index in [2.05, 4.69) is 0 Å². The van der Waals surface area contributed by atoms with E-state index in [0.717, 1.165) is 31.2 Å². The second-order valence-electron chi connectivity index (χ2n) is 6.74. The van der Waals surface area contributed by atoms with Gasteiger partial charge in [0.1, 0.15) is 12.4 Å². The third-order valence-electron chi connectivity index (χ3n) is 4.97. The van der Waals surface area contributed by atoms with Crippen LogP contribution in [0.4, 0.5) is 0 Å². The molecule has 1 amide bonds. The molecule has 0 aliphatic heterocycles. The van der Waals surface area contributed by atoms with E-state index >= 15 is 0 Å². The van der Waals surface area contributed by atoms with Crippen LogP contribution in [-0.2, 0) is 6.61 Å². The standard InChI is InChI=1S/C21H24ClNO3/c1-23(19-8-4-5-9-20(19)24)21(25)15-10-12-17(13-11-15)26-14-16-6-2-3-7-18(16)22/h2-3,6-7,10-13,19-20,24H,4-5,8-9,14H2,1H3. The van der Waals surface area contributed by atoms with Crippen molar-refractivity contribution in [3.63, 3.8) is 0 Å². The van der Waals surface area contributed by atoms with Gasteiger partial charge in [-0.05, 0) is 43.2 Å². The Balaban J connectivity index is 1.61. The molecule has 0 heterocycles. The molecule has 0 aromatic heterocycles. The first-order chi connectivity index (χ1) is 12.6. The Morgan fingerprint density at radius 2 is 1.85 bits per heavy atom. The minimum atomic E-state index is -0.434. The summed E-state index contributed by atoms with van der Waals surface area (Å²) in [6.07, 6.45) is 3.25. The van der Waals surface area contributed by atoms with E-state index in [1.807, 2.05) is 24.3 Å². The van der Waals surface area contributed by atoms with Gasteiger partial charge in [0, 0.05) is 23.2 Å². The maximum Gasteiger partial charge on any atom is 0.253 e. The third kappa shape index (κ3) is 4.37. The van der Waals surface area contributed by atoms with Crippen LogP contribution in [0.5, 0.6) is 5.75 Å². The van der Waals surface area contributed by atoms with Crippen molar-refractivity contribution in [2.24, 2.45) is 0 Å². The van der Waals surface area contributed by atoms with Crippen molar-refractivity contribution < 1.29 is 14.6 Å². The molecule has 26 heavy (non-hydrogen) atoms. The number of hydrogen-bond acceptors (Lipinski definition) is 3. The van der Waals surface area contributed by atoms with E-state index in [-0.39, 0.29) is 11.9 Å². The van der Waals surface area contributed by atoms with Crippen molar-refractivity contribution in [3.8, 4) is 5.75 Å². The molecule has 3 rings (SSSR count). The van der Waals surface area contributed by atoms with Crippen molar-refractivity contribution in [3.05, 3.63) is 64.7 Å². The molecular weight excluding hydrogens is 350 g/mol. The van der Waals surface area contributed by atoms with Gasteiger partial charge < -0.3 is 14.7 Å². The number of nitrogens with zero attached hydrogens (tertiary/aromatic N) is 1. The number of hydrogen-bond donors (Lipinski definition) is 1. The SMILES string of the molecule is CN(C(=O)c1ccc(OCc2ccccc2Cl)cc1)C1CCCCC1O. The Morgan fingerprint density at radius 3 is 2.54 bits per heavy atom. The summed E-state index contributed by atoms with van der Waals surface area (Å²) >= 11 is 6.13. The van der Waals surface area contributed by atoms with Gasteiger partial charge in [-0.25, -0.2) is 0 Å². The molecule has 1 aliphatic rings. The molecule has 2 unspecified atom stereocenters. The summed E-state index contributed by atoms with van der Waals surface area (Å²) in [7, 11) is 1.77. The maximum absolute atomic E-state index is 12.7. The number of likely N-dealkylation sites (N-methyl/N-ethyl adjacent to an activating group) is 1. The minimum Gasteiger partial charge on any atom is -0.489 e. The van der Waals surface area contributed by atoms with Gasteiger partial charge in [-0.3, -0.25) is 4.79 Å². The second-order valence-corrected chi connectivity index (χ2v) is 7.15. The van der Waals surface area contributed by atoms with Crippen LogP contribution in [0.25, 0.3) is 0 Å². The van der Waals surface area contributed by atoms with Gasteiger partial charge in [0.25, 0.3) is 5.91 Å². The van der Waals surface area contributed by atoms with E-state index in [0.29, 0.717) is 22.9 Å². The summed E-state index contributed by atoms with van der Waals surface area (Å²) < 4.78 is 5.75. The molecule has 1 N–H and O–H groups in total. The van der Waals surface area contributed by atoms with Gasteiger partial charge in [0.2, 0.25) is 0 Å². The first-order valence-electron chi connectivity index (χ1n) is 8.98. The molecule has 2 aromatic carbocycles. The predicted molar refractivity (Wildman–Crippen MR) is 103 cm³/mol. The van der Waals surface area contributed by atoms with Gasteiger partial charge in [-0.15, -0.1) is 0 Å². The highest BCUT2D eigenvalue weighted by atomic mass is 35.5. The van der Waals surface area contributed by atoms with Crippen molar-refractivity contribution in [1.82, 2.24) is 4.90 Å². The average Bonchev–Trinajstić information content (AvgIpc) is 2.67. The highest BCUT2D eigenvalue weighted by Crippen LogP contribution is 2.24. The summed E-state index contributed by atoms with van der Waals surface area (Å²) in [5.74, 6) is 0.607. The first-order valence-corrected chi connectivity index (χ1v) is 9.35. The highest BCUT2D eigenvalue weighted by molar-refractivity contribution is 6.31. The summed E-state index contributed by atoms with van der Waals surface area (Å²) in [5, 5.41) is 10.8. The fourth-order valence-corrected chi connectivity index (χ4v) is 3.56. The molecule has 0 spiro atoms. The van der Waals surface area contributed by atoms with Crippen molar-refractivity contribution >= 4 is 17.5 Å². The van der Waals surface area contributed by atoms with E-state index in [9.17, 15) is 9.90 Å². The molecule has 2 aromatic rings. The third-order valence-corrected chi connectivity index (χ3v) is 5.33. The summed E-state index contributed by atoms with van der Waals surface area (Å²) in [6, 6.07) is 14.5. The Kier molecular flexibility index (Phi) is 6.17. The number of aliphatic hydroxyl groups is 1. The minimum absolute atomic E-state index is 0.0754. The van der Waals surface area contributed by atoms with Gasteiger partial charge in [-0.2, -0.15) is 0 Å². The van der Waals surface area contributed by atoms with E-state index in [1.54, 1.807) is 36.2 Å². The average molecular weight is 374 g/mol. The van der Waals surface area contributed by atoms with Crippen LogP contribution in [0.1, 0.15) is 41.6 Å². The molecule has 1 saturated carbocycles. The lowest BCUT2D eigenvalue weighted by Gasteiger charge is -2.35. The number of carbonyl (C=O) groups excluding carboxylic acids is 1. The monoisotopic (exact) mass is 373 g/mol. The number of halogens is 1. The molecule has 1 aliphatic carbocycles. The summed E-state index contributed by atoms with van der Waals surface area (Å²) in [5.41, 5.74) is 1.51. The Hall–Kier alpha value is -2.04. The van der Waals surface area contributed by atoms with Crippen LogP contribution in [0.15, 0.2) is 48.5 Å². The lowest BCUT2D eigenvalue weighted by Crippen LogP contribution is -2.46. The number of amides is 1. The van der Waals surface area contributed by atoms with Crippen LogP contribution >= 0.6 is 11.6 Å². The summed E-state index contributed by atoms with van der Waals surface area (Å²) in [4.78, 5) is 14.4. The lowest BCUT2D eigenvalue weighted by molar-refractivity contribution is 0.0268. The van der Waals surface area contributed by atoms with Gasteiger partial charge in [0.15, 0.2) is 0 Å². The molecule has 5 heteroatoms. The topological polar surface area (TPSA) is 49.8 Å². The number of ether oxygens (including phenoxy) is 1. The van der Waals surface area contributed by atoms with Crippen LogP contribution in [0, 0.1) is 0 Å². The zero-order chi connectivity index (χ0) is 18.5. The van der Waals surface area contributed by atoms with Gasteiger partial charge in [-0.1, -0.05) is 42.6 Å². The second kappa shape index (κ2) is 8.56. The van der Waals surface area contributed by atoms with Crippen molar-refractivity contribution in [1.29, 1.82) is 0 Å². The quantitative estimate of drug-likeness (QED) is 0.850. The molecule has 1 fully saturated rings. The highest BCUT2D eigenvalue weighted by Gasteiger charge is 2.29. The van der Waals surface area contributed by atoms with Crippen LogP contribution in [0.2, 0.25) is 5.02 Å². The molecule has 138 valence electrons. The normalized spacial score (nSPS) is 19.8. The predicted octanol–water partition coefficient (Wildman–Crippen LogP) is 4.29. The zero-order valence-electron chi connectivity index (χ0n) is 14.9. The Bertz CT molecular complexity index is 747. The molecule has 0 radical (unpaired) electrons. The van der Waals surface area contributed by atoms with Crippen LogP contribution < -0.4 is 4.74 Å². The Labute approximate surface area is 159 Å². The maximum atomic E-state index is 12.7. The fraction of sp³-hybridized carbons (Fsp3) is 0.381. The van der Waals surface area contributed by atoms with E-state index in [1.165, 1.54) is 0 Å². The van der Waals surface area contributed by atoms with Gasteiger partial charge in [0.05, 0.1) is 12.1 Å². The largest absolute Gasteiger partial charge is 0.489 e. The van der Waals surface area contributed by atoms with Crippen LogP contribution in [0.3, 0.4) is 0 Å². The van der Waals surface area contributed by atoms with Crippen molar-refractivity contribution in [2.45, 2.75) is 44.4 Å². The number of carbonyl (C=O) groups is 1. The first kappa shape index (κ1) is 18.7. The van der Waals surface area contributed by atoms with E-state index in [4.69, 9.17) is 16.3 Å². The molecule has 0 saturated heterocycles. The molecule has 0 bridgehead atoms. The van der Waals surface area contributed by atoms with Crippen LogP contribution in [-0.4, -0.2) is 35.1 Å². The summed E-state index contributed by atoms with van der Waals surface area (Å²) in [6.45, 7) is 0.376. The molecule has 2 atom stereocenters. The smallest absolute Gasteiger partial charge is 0.253 e. The lowest BCUT2D eigenvalue weighted by atomic mass is 9.91. The number of rotatable bonds is 5. The number of benzene rings is 2. The van der Waals surface area contributed by atoms with Gasteiger partial charge >= 0.3 is 0 Å².